The number of hydrogen-bond acceptors (Lipinski definition) is 8. The van der Waals surface area contributed by atoms with Crippen LogP contribution < -0.4 is 19.6 Å². The summed E-state index contributed by atoms with van der Waals surface area (Å²) in [4.78, 5) is 34.6. The van der Waals surface area contributed by atoms with E-state index in [0.29, 0.717) is 28.4 Å². The van der Waals surface area contributed by atoms with Crippen LogP contribution in [0.4, 0.5) is 5.69 Å². The lowest BCUT2D eigenvalue weighted by Gasteiger charge is -2.06. The number of esters is 1. The molecule has 0 aromatic heterocycles. The largest absolute Gasteiger partial charge is 0.454 e. The Bertz CT molecular complexity index is 1220. The van der Waals surface area contributed by atoms with Gasteiger partial charge < -0.3 is 14.2 Å². The van der Waals surface area contributed by atoms with Crippen molar-refractivity contribution in [3.8, 4) is 17.2 Å². The minimum absolute atomic E-state index is 0.107. The number of rotatable bonds is 6. The van der Waals surface area contributed by atoms with E-state index in [1.807, 2.05) is 0 Å². The second-order valence-electron chi connectivity index (χ2n) is 6.53. The molecule has 160 valence electrons. The van der Waals surface area contributed by atoms with Crippen LogP contribution in [0, 0.1) is 10.1 Å². The van der Waals surface area contributed by atoms with Crippen LogP contribution in [0.2, 0.25) is 0 Å². The van der Waals surface area contributed by atoms with Crippen LogP contribution in [-0.2, 0) is 0 Å². The van der Waals surface area contributed by atoms with Crippen molar-refractivity contribution in [3.63, 3.8) is 0 Å². The molecule has 10 heteroatoms. The Morgan fingerprint density at radius 2 is 1.75 bits per heavy atom. The zero-order chi connectivity index (χ0) is 22.5. The highest BCUT2D eigenvalue weighted by Gasteiger charge is 2.17. The number of hydrogen-bond donors (Lipinski definition) is 1. The third kappa shape index (κ3) is 4.70. The average molecular weight is 433 g/mol. The Kier molecular flexibility index (Phi) is 5.75. The molecule has 32 heavy (non-hydrogen) atoms. The van der Waals surface area contributed by atoms with Crippen molar-refractivity contribution in [2.45, 2.75) is 0 Å². The second kappa shape index (κ2) is 8.96. The maximum atomic E-state index is 12.4. The fourth-order valence-electron chi connectivity index (χ4n) is 2.81. The van der Waals surface area contributed by atoms with E-state index in [2.05, 4.69) is 10.5 Å². The molecule has 0 spiro atoms. The molecule has 1 heterocycles. The van der Waals surface area contributed by atoms with Crippen LogP contribution in [0.5, 0.6) is 17.2 Å². The minimum Gasteiger partial charge on any atom is -0.454 e. The van der Waals surface area contributed by atoms with Crippen molar-refractivity contribution >= 4 is 23.8 Å². The fourth-order valence-corrected chi connectivity index (χ4v) is 2.81. The van der Waals surface area contributed by atoms with Gasteiger partial charge in [0.1, 0.15) is 5.75 Å². The van der Waals surface area contributed by atoms with Gasteiger partial charge in [-0.25, -0.2) is 10.2 Å². The fraction of sp³-hybridized carbons (Fsp3) is 0.0455. The molecule has 3 aromatic rings. The number of nitro benzene ring substituents is 1. The molecule has 3 aromatic carbocycles. The van der Waals surface area contributed by atoms with Crippen LogP contribution in [0.15, 0.2) is 71.8 Å². The number of benzene rings is 3. The van der Waals surface area contributed by atoms with Crippen molar-refractivity contribution in [2.24, 2.45) is 5.10 Å². The average Bonchev–Trinajstić information content (AvgIpc) is 3.27. The molecule has 0 radical (unpaired) electrons. The van der Waals surface area contributed by atoms with Gasteiger partial charge in [0, 0.05) is 17.7 Å². The Balaban J connectivity index is 1.37. The van der Waals surface area contributed by atoms with Crippen LogP contribution >= 0.6 is 0 Å². The molecule has 0 saturated carbocycles. The highest BCUT2D eigenvalue weighted by atomic mass is 16.7. The minimum atomic E-state index is -0.566. The summed E-state index contributed by atoms with van der Waals surface area (Å²) in [6, 6.07) is 16.4. The Hall–Kier alpha value is -4.73. The highest BCUT2D eigenvalue weighted by Crippen LogP contribution is 2.32. The molecule has 0 atom stereocenters. The summed E-state index contributed by atoms with van der Waals surface area (Å²) in [6.45, 7) is 0.107. The summed E-state index contributed by atoms with van der Waals surface area (Å²) >= 11 is 0. The van der Waals surface area contributed by atoms with Crippen molar-refractivity contribution in [3.05, 3.63) is 93.5 Å². The molecule has 1 aliphatic rings. The summed E-state index contributed by atoms with van der Waals surface area (Å²) in [5.41, 5.74) is 3.32. The molecule has 0 fully saturated rings. The van der Waals surface area contributed by atoms with Gasteiger partial charge in [-0.3, -0.25) is 14.9 Å². The molecule has 0 unspecified atom stereocenters. The van der Waals surface area contributed by atoms with Crippen LogP contribution in [0.25, 0.3) is 0 Å². The first-order chi connectivity index (χ1) is 15.5. The van der Waals surface area contributed by atoms with Crippen LogP contribution in [-0.4, -0.2) is 29.8 Å². The molecule has 1 amide bonds. The quantitative estimate of drug-likeness (QED) is 0.208. The number of nitrogens with one attached hydrogen (secondary N) is 1. The van der Waals surface area contributed by atoms with Gasteiger partial charge in [-0.2, -0.15) is 5.10 Å². The number of amides is 1. The Morgan fingerprint density at radius 3 is 2.53 bits per heavy atom. The lowest BCUT2D eigenvalue weighted by Crippen LogP contribution is -2.17. The number of ether oxygens (including phenoxy) is 3. The lowest BCUT2D eigenvalue weighted by molar-refractivity contribution is -0.384. The van der Waals surface area contributed by atoms with Gasteiger partial charge in [0.25, 0.3) is 11.6 Å². The SMILES string of the molecule is O=C(NN=Cc1cccc(OC(=O)c2ccc3c(c2)OCO3)c1)c1ccc([N+](=O)[O-])cc1. The van der Waals surface area contributed by atoms with Gasteiger partial charge >= 0.3 is 5.97 Å². The van der Waals surface area contributed by atoms with Gasteiger partial charge in [-0.1, -0.05) is 12.1 Å². The van der Waals surface area contributed by atoms with Crippen molar-refractivity contribution in [1.82, 2.24) is 5.43 Å². The van der Waals surface area contributed by atoms with Crippen LogP contribution in [0.1, 0.15) is 26.3 Å². The smallest absolute Gasteiger partial charge is 0.343 e. The summed E-state index contributed by atoms with van der Waals surface area (Å²) < 4.78 is 15.9. The number of carbonyl (C=O) groups is 2. The molecular weight excluding hydrogens is 418 g/mol. The van der Waals surface area contributed by atoms with E-state index in [0.717, 1.165) is 0 Å². The van der Waals surface area contributed by atoms with Crippen molar-refractivity contribution < 1.29 is 28.7 Å². The highest BCUT2D eigenvalue weighted by molar-refractivity contribution is 5.95. The standard InChI is InChI=1S/C22H15N3O7/c26-21(15-4-7-17(8-5-15)25(28)29)24-23-12-14-2-1-3-18(10-14)32-22(27)16-6-9-19-20(11-16)31-13-30-19/h1-12H,13H2,(H,24,26). The molecule has 1 aliphatic heterocycles. The lowest BCUT2D eigenvalue weighted by atomic mass is 10.2. The topological polar surface area (TPSA) is 129 Å². The predicted molar refractivity (Wildman–Crippen MR) is 112 cm³/mol. The summed E-state index contributed by atoms with van der Waals surface area (Å²) in [7, 11) is 0. The molecule has 0 aliphatic carbocycles. The van der Waals surface area contributed by atoms with E-state index in [9.17, 15) is 19.7 Å². The van der Waals surface area contributed by atoms with Gasteiger partial charge in [0.2, 0.25) is 6.79 Å². The van der Waals surface area contributed by atoms with E-state index in [4.69, 9.17) is 14.2 Å². The predicted octanol–water partition coefficient (Wildman–Crippen LogP) is 3.31. The summed E-state index contributed by atoms with van der Waals surface area (Å²) in [5, 5.41) is 14.5. The molecule has 0 bridgehead atoms. The number of carbonyl (C=O) groups excluding carboxylic acids is 2. The molecular formula is C22H15N3O7. The number of nitrogens with zero attached hydrogens (tertiary/aromatic N) is 2. The van der Waals surface area contributed by atoms with E-state index in [-0.39, 0.29) is 18.0 Å². The van der Waals surface area contributed by atoms with Gasteiger partial charge in [0.15, 0.2) is 11.5 Å². The second-order valence-corrected chi connectivity index (χ2v) is 6.53. The van der Waals surface area contributed by atoms with Gasteiger partial charge in [-0.05, 0) is 48.0 Å². The molecule has 0 saturated heterocycles. The molecule has 10 nitrogen and oxygen atoms in total. The summed E-state index contributed by atoms with van der Waals surface area (Å²) in [5.74, 6) is 0.239. The third-order valence-electron chi connectivity index (χ3n) is 4.40. The van der Waals surface area contributed by atoms with E-state index >= 15 is 0 Å². The molecule has 1 N–H and O–H groups in total. The van der Waals surface area contributed by atoms with Crippen molar-refractivity contribution in [2.75, 3.05) is 6.79 Å². The maximum Gasteiger partial charge on any atom is 0.343 e. The first-order valence-corrected chi connectivity index (χ1v) is 9.29. The van der Waals surface area contributed by atoms with Gasteiger partial charge in [-0.15, -0.1) is 0 Å². The van der Waals surface area contributed by atoms with E-state index < -0.39 is 16.8 Å². The van der Waals surface area contributed by atoms with E-state index in [1.165, 1.54) is 30.5 Å². The first-order valence-electron chi connectivity index (χ1n) is 9.29. The Labute approximate surface area is 181 Å². The normalized spacial score (nSPS) is 11.9. The van der Waals surface area contributed by atoms with E-state index in [1.54, 1.807) is 42.5 Å². The number of nitro groups is 1. The number of fused-ring (bicyclic) bond motifs is 1. The number of non-ortho nitro benzene ring substituents is 1. The molecule has 4 rings (SSSR count). The zero-order valence-electron chi connectivity index (χ0n) is 16.4. The number of hydrazone groups is 1. The van der Waals surface area contributed by atoms with Crippen LogP contribution in [0.3, 0.4) is 0 Å². The van der Waals surface area contributed by atoms with Gasteiger partial charge in [0.05, 0.1) is 16.7 Å². The monoisotopic (exact) mass is 433 g/mol. The first kappa shape index (κ1) is 20.5. The summed E-state index contributed by atoms with van der Waals surface area (Å²) in [6.07, 6.45) is 1.38. The zero-order valence-corrected chi connectivity index (χ0v) is 16.4. The maximum absolute atomic E-state index is 12.4. The Morgan fingerprint density at radius 1 is 1.00 bits per heavy atom. The third-order valence-corrected chi connectivity index (χ3v) is 4.40. The van der Waals surface area contributed by atoms with Crippen molar-refractivity contribution in [1.29, 1.82) is 0 Å².